The van der Waals surface area contributed by atoms with E-state index >= 15 is 0 Å². The van der Waals surface area contributed by atoms with E-state index in [1.165, 1.54) is 5.56 Å². The van der Waals surface area contributed by atoms with Crippen molar-refractivity contribution >= 4 is 29.3 Å². The quantitative estimate of drug-likeness (QED) is 0.506. The molecule has 37 heavy (non-hydrogen) atoms. The van der Waals surface area contributed by atoms with E-state index < -0.39 is 17.8 Å². The first kappa shape index (κ1) is 23.1. The van der Waals surface area contributed by atoms with Gasteiger partial charge in [0, 0.05) is 24.8 Å². The standard InChI is InChI=1S/C27H27N5O5/c28-24-23-19(25(34)29-18-6-7-20-21(13-18)36-15-35-20)14-22(33)37-26(23)31-27(30-24)32-10-8-17(9-11-32)12-16-4-2-1-3-5-16/h1-7,13,17,19H,8-12,14-15H2,(H,29,34)(H2,28,30,31)/t19-/m0/s1. The van der Waals surface area contributed by atoms with E-state index in [9.17, 15) is 9.59 Å². The van der Waals surface area contributed by atoms with Gasteiger partial charge >= 0.3 is 5.97 Å². The van der Waals surface area contributed by atoms with E-state index in [0.717, 1.165) is 32.4 Å². The van der Waals surface area contributed by atoms with Gasteiger partial charge in [0.25, 0.3) is 0 Å². The molecule has 1 saturated heterocycles. The summed E-state index contributed by atoms with van der Waals surface area (Å²) in [4.78, 5) is 36.7. The lowest BCUT2D eigenvalue weighted by Gasteiger charge is -2.33. The van der Waals surface area contributed by atoms with Crippen molar-refractivity contribution in [2.24, 2.45) is 5.92 Å². The molecule has 3 aliphatic heterocycles. The van der Waals surface area contributed by atoms with Gasteiger partial charge in [-0.05, 0) is 42.9 Å². The van der Waals surface area contributed by atoms with E-state index in [-0.39, 0.29) is 24.9 Å². The number of esters is 1. The number of hydrogen-bond acceptors (Lipinski definition) is 9. The van der Waals surface area contributed by atoms with Crippen molar-refractivity contribution in [3.05, 3.63) is 59.7 Å². The van der Waals surface area contributed by atoms with Gasteiger partial charge in [0.15, 0.2) is 11.5 Å². The fraction of sp³-hybridized carbons (Fsp3) is 0.333. The van der Waals surface area contributed by atoms with Crippen LogP contribution in [0.4, 0.5) is 17.5 Å². The second-order valence-electron chi connectivity index (χ2n) is 9.54. The topological polar surface area (TPSA) is 129 Å². The van der Waals surface area contributed by atoms with E-state index in [1.54, 1.807) is 18.2 Å². The number of hydrogen-bond donors (Lipinski definition) is 2. The Morgan fingerprint density at radius 3 is 2.65 bits per heavy atom. The molecule has 3 aromatic rings. The smallest absolute Gasteiger partial charge is 0.313 e. The van der Waals surface area contributed by atoms with Crippen molar-refractivity contribution in [2.75, 3.05) is 35.8 Å². The van der Waals surface area contributed by atoms with Gasteiger partial charge in [0.2, 0.25) is 24.5 Å². The number of nitrogen functional groups attached to an aromatic ring is 1. The highest BCUT2D eigenvalue weighted by atomic mass is 16.7. The van der Waals surface area contributed by atoms with Crippen LogP contribution in [-0.4, -0.2) is 41.7 Å². The number of carbonyl (C=O) groups is 2. The number of rotatable bonds is 5. The molecule has 0 unspecified atom stereocenters. The fourth-order valence-corrected chi connectivity index (χ4v) is 5.13. The van der Waals surface area contributed by atoms with Gasteiger partial charge in [-0.2, -0.15) is 9.97 Å². The summed E-state index contributed by atoms with van der Waals surface area (Å²) in [6.07, 6.45) is 2.88. The molecular weight excluding hydrogens is 474 g/mol. The molecule has 190 valence electrons. The fourth-order valence-electron chi connectivity index (χ4n) is 5.13. The third-order valence-electron chi connectivity index (χ3n) is 7.08. The largest absolute Gasteiger partial charge is 0.454 e. The Balaban J connectivity index is 1.17. The zero-order chi connectivity index (χ0) is 25.4. The predicted octanol–water partition coefficient (Wildman–Crippen LogP) is 3.28. The Bertz CT molecular complexity index is 1340. The highest BCUT2D eigenvalue weighted by Gasteiger charge is 2.37. The molecule has 0 aliphatic carbocycles. The lowest BCUT2D eigenvalue weighted by molar-refractivity contribution is -0.138. The number of nitrogens with zero attached hydrogens (tertiary/aromatic N) is 3. The third kappa shape index (κ3) is 4.74. The van der Waals surface area contributed by atoms with Crippen LogP contribution in [-0.2, 0) is 16.0 Å². The predicted molar refractivity (Wildman–Crippen MR) is 136 cm³/mol. The maximum Gasteiger partial charge on any atom is 0.313 e. The zero-order valence-electron chi connectivity index (χ0n) is 20.2. The van der Waals surface area contributed by atoms with Crippen molar-refractivity contribution in [3.63, 3.8) is 0 Å². The first-order valence-corrected chi connectivity index (χ1v) is 12.4. The molecule has 0 radical (unpaired) electrons. The Morgan fingerprint density at radius 2 is 1.84 bits per heavy atom. The summed E-state index contributed by atoms with van der Waals surface area (Å²) in [5.41, 5.74) is 8.53. The summed E-state index contributed by atoms with van der Waals surface area (Å²) in [5, 5.41) is 2.83. The van der Waals surface area contributed by atoms with Crippen LogP contribution in [0.1, 0.15) is 36.3 Å². The van der Waals surface area contributed by atoms with Crippen LogP contribution in [0.3, 0.4) is 0 Å². The maximum atomic E-state index is 13.2. The molecule has 1 aromatic heterocycles. The van der Waals surface area contributed by atoms with Gasteiger partial charge in [-0.25, -0.2) is 0 Å². The molecule has 1 fully saturated rings. The normalized spacial score (nSPS) is 18.8. The number of fused-ring (bicyclic) bond motifs is 2. The second kappa shape index (κ2) is 9.61. The Labute approximate surface area is 213 Å². The van der Waals surface area contributed by atoms with Gasteiger partial charge in [0.05, 0.1) is 17.9 Å². The second-order valence-corrected chi connectivity index (χ2v) is 9.54. The number of piperidine rings is 1. The van der Waals surface area contributed by atoms with Crippen LogP contribution in [0, 0.1) is 5.92 Å². The monoisotopic (exact) mass is 501 g/mol. The molecule has 2 aromatic carbocycles. The van der Waals surface area contributed by atoms with Gasteiger partial charge in [-0.15, -0.1) is 0 Å². The van der Waals surface area contributed by atoms with Crippen LogP contribution < -0.4 is 30.2 Å². The molecule has 0 saturated carbocycles. The van der Waals surface area contributed by atoms with E-state index in [2.05, 4.69) is 44.5 Å². The zero-order valence-corrected chi connectivity index (χ0v) is 20.2. The number of nitrogens with one attached hydrogen (secondary N) is 1. The summed E-state index contributed by atoms with van der Waals surface area (Å²) in [6, 6.07) is 15.6. The van der Waals surface area contributed by atoms with E-state index in [0.29, 0.717) is 34.6 Å². The van der Waals surface area contributed by atoms with Crippen LogP contribution >= 0.6 is 0 Å². The molecule has 6 rings (SSSR count). The number of carbonyl (C=O) groups excluding carboxylic acids is 2. The first-order valence-electron chi connectivity index (χ1n) is 12.4. The summed E-state index contributed by atoms with van der Waals surface area (Å²) in [6.45, 7) is 1.69. The van der Waals surface area contributed by atoms with E-state index in [1.807, 2.05) is 6.07 Å². The number of anilines is 3. The summed E-state index contributed by atoms with van der Waals surface area (Å²) >= 11 is 0. The molecule has 1 amide bonds. The molecule has 3 aliphatic rings. The number of benzene rings is 2. The molecule has 10 heteroatoms. The highest BCUT2D eigenvalue weighted by molar-refractivity contribution is 6.00. The highest BCUT2D eigenvalue weighted by Crippen LogP contribution is 2.40. The maximum absolute atomic E-state index is 13.2. The molecule has 10 nitrogen and oxygen atoms in total. The summed E-state index contributed by atoms with van der Waals surface area (Å²) in [7, 11) is 0. The SMILES string of the molecule is Nc1nc(N2CCC(Cc3ccccc3)CC2)nc2c1[C@@H](C(=O)Nc1ccc3c(c1)OCO3)CC(=O)O2. The molecule has 1 atom stereocenters. The van der Waals surface area contributed by atoms with Crippen molar-refractivity contribution in [3.8, 4) is 17.4 Å². The van der Waals surface area contributed by atoms with Crippen molar-refractivity contribution in [2.45, 2.75) is 31.6 Å². The van der Waals surface area contributed by atoms with Crippen molar-refractivity contribution in [1.82, 2.24) is 9.97 Å². The number of ether oxygens (including phenoxy) is 3. The van der Waals surface area contributed by atoms with Crippen LogP contribution in [0.25, 0.3) is 0 Å². The van der Waals surface area contributed by atoms with Crippen LogP contribution in [0.2, 0.25) is 0 Å². The number of amides is 1. The Hall–Kier alpha value is -4.34. The minimum Gasteiger partial charge on any atom is -0.454 e. The van der Waals surface area contributed by atoms with Crippen molar-refractivity contribution < 1.29 is 23.8 Å². The average molecular weight is 502 g/mol. The lowest BCUT2D eigenvalue weighted by Crippen LogP contribution is -2.36. The third-order valence-corrected chi connectivity index (χ3v) is 7.08. The van der Waals surface area contributed by atoms with Gasteiger partial charge < -0.3 is 30.2 Å². The summed E-state index contributed by atoms with van der Waals surface area (Å²) < 4.78 is 16.1. The van der Waals surface area contributed by atoms with Crippen molar-refractivity contribution in [1.29, 1.82) is 0 Å². The minimum absolute atomic E-state index is 0.0518. The minimum atomic E-state index is -0.868. The number of aromatic nitrogens is 2. The molecule has 4 heterocycles. The average Bonchev–Trinajstić information content (AvgIpc) is 3.37. The van der Waals surface area contributed by atoms with E-state index in [4.69, 9.17) is 19.9 Å². The molecular formula is C27H27N5O5. The molecule has 0 spiro atoms. The van der Waals surface area contributed by atoms with Gasteiger partial charge in [-0.3, -0.25) is 9.59 Å². The first-order chi connectivity index (χ1) is 18.0. The molecule has 3 N–H and O–H groups in total. The lowest BCUT2D eigenvalue weighted by atomic mass is 9.90. The van der Waals surface area contributed by atoms with Crippen LogP contribution in [0.5, 0.6) is 17.4 Å². The van der Waals surface area contributed by atoms with Gasteiger partial charge in [-0.1, -0.05) is 30.3 Å². The van der Waals surface area contributed by atoms with Gasteiger partial charge in [0.1, 0.15) is 5.82 Å². The Morgan fingerprint density at radius 1 is 1.05 bits per heavy atom. The summed E-state index contributed by atoms with van der Waals surface area (Å²) in [5.74, 6) is 0.536. The number of nitrogens with two attached hydrogens (primary N) is 1. The van der Waals surface area contributed by atoms with Crippen LogP contribution in [0.15, 0.2) is 48.5 Å². The Kier molecular flexibility index (Phi) is 5.99. The molecule has 0 bridgehead atoms.